The molecule has 1 aliphatic heterocycles. The zero-order chi connectivity index (χ0) is 23.4. The molecule has 180 valence electrons. The summed E-state index contributed by atoms with van der Waals surface area (Å²) in [6.45, 7) is 1.52. The fraction of sp³-hybridized carbons (Fsp3) is 0.320. The van der Waals surface area contributed by atoms with Crippen LogP contribution in [0.3, 0.4) is 0 Å². The van der Waals surface area contributed by atoms with Gasteiger partial charge < -0.3 is 14.8 Å². The Morgan fingerprint density at radius 3 is 2.71 bits per heavy atom. The zero-order valence-corrected chi connectivity index (χ0v) is 19.6. The van der Waals surface area contributed by atoms with Gasteiger partial charge in [-0.1, -0.05) is 36.4 Å². The number of H-pyrrole nitrogens is 1. The number of rotatable bonds is 8. The predicted octanol–water partition coefficient (Wildman–Crippen LogP) is 3.09. The third-order valence-electron chi connectivity index (χ3n) is 5.91. The number of esters is 1. The summed E-state index contributed by atoms with van der Waals surface area (Å²) in [7, 11) is 0. The van der Waals surface area contributed by atoms with E-state index in [1.165, 1.54) is 4.90 Å². The van der Waals surface area contributed by atoms with Crippen molar-refractivity contribution in [3.63, 3.8) is 0 Å². The number of anilines is 1. The SMILES string of the molecule is CCOC(=O)[C@H](Cc1c[nH]c2ccccc12)N[C@H]1CCc2ccccc2N(CC(=O)O)C1=O.Cl. The maximum absolute atomic E-state index is 13.4. The van der Waals surface area contributed by atoms with Crippen LogP contribution in [-0.4, -0.2) is 53.2 Å². The number of carboxylic acids is 1. The number of amides is 1. The lowest BCUT2D eigenvalue weighted by molar-refractivity contribution is -0.146. The van der Waals surface area contributed by atoms with Crippen molar-refractivity contribution in [2.45, 2.75) is 38.3 Å². The van der Waals surface area contributed by atoms with Gasteiger partial charge in [0, 0.05) is 29.2 Å². The number of aromatic amines is 1. The van der Waals surface area contributed by atoms with Crippen LogP contribution < -0.4 is 10.2 Å². The van der Waals surface area contributed by atoms with E-state index >= 15 is 0 Å². The smallest absolute Gasteiger partial charge is 0.323 e. The van der Waals surface area contributed by atoms with E-state index in [-0.39, 0.29) is 24.9 Å². The monoisotopic (exact) mass is 485 g/mol. The van der Waals surface area contributed by atoms with E-state index in [1.54, 1.807) is 19.1 Å². The first-order chi connectivity index (χ1) is 16.0. The second kappa shape index (κ2) is 11.2. The molecule has 0 unspecified atom stereocenters. The molecular weight excluding hydrogens is 458 g/mol. The number of hydrogen-bond acceptors (Lipinski definition) is 5. The number of carbonyl (C=O) groups is 3. The molecule has 8 nitrogen and oxygen atoms in total. The van der Waals surface area contributed by atoms with Gasteiger partial charge in [-0.3, -0.25) is 24.6 Å². The van der Waals surface area contributed by atoms with E-state index in [9.17, 15) is 19.5 Å². The summed E-state index contributed by atoms with van der Waals surface area (Å²) in [5.41, 5.74) is 3.39. The fourth-order valence-corrected chi connectivity index (χ4v) is 4.39. The second-order valence-corrected chi connectivity index (χ2v) is 8.07. The maximum atomic E-state index is 13.4. The van der Waals surface area contributed by atoms with Gasteiger partial charge in [0.2, 0.25) is 5.91 Å². The number of benzene rings is 2. The summed E-state index contributed by atoms with van der Waals surface area (Å²) in [6, 6.07) is 13.6. The number of nitrogens with zero attached hydrogens (tertiary/aromatic N) is 1. The molecule has 3 aromatic rings. The van der Waals surface area contributed by atoms with Crippen LogP contribution in [-0.2, 0) is 32.0 Å². The first-order valence-corrected chi connectivity index (χ1v) is 11.1. The predicted molar refractivity (Wildman–Crippen MR) is 131 cm³/mol. The molecule has 0 aliphatic carbocycles. The number of aromatic nitrogens is 1. The third-order valence-corrected chi connectivity index (χ3v) is 5.91. The number of carboxylic acid groups (broad SMARTS) is 1. The van der Waals surface area contributed by atoms with Crippen molar-refractivity contribution < 1.29 is 24.2 Å². The molecule has 34 heavy (non-hydrogen) atoms. The van der Waals surface area contributed by atoms with Crippen molar-refractivity contribution in [3.05, 3.63) is 65.9 Å². The van der Waals surface area contributed by atoms with Gasteiger partial charge in [0.1, 0.15) is 12.6 Å². The molecule has 0 fully saturated rings. The molecule has 0 saturated carbocycles. The Morgan fingerprint density at radius 2 is 1.94 bits per heavy atom. The average Bonchev–Trinajstić information content (AvgIpc) is 3.16. The number of para-hydroxylation sites is 2. The average molecular weight is 486 g/mol. The summed E-state index contributed by atoms with van der Waals surface area (Å²) in [4.78, 5) is 42.2. The van der Waals surface area contributed by atoms with Crippen LogP contribution in [0.1, 0.15) is 24.5 Å². The quantitative estimate of drug-likeness (QED) is 0.423. The normalized spacial score (nSPS) is 16.3. The number of carbonyl (C=O) groups excluding carboxylic acids is 2. The lowest BCUT2D eigenvalue weighted by Gasteiger charge is -2.27. The van der Waals surface area contributed by atoms with Crippen molar-refractivity contribution in [1.29, 1.82) is 0 Å². The molecule has 0 saturated heterocycles. The summed E-state index contributed by atoms with van der Waals surface area (Å²) < 4.78 is 5.30. The van der Waals surface area contributed by atoms with Crippen LogP contribution in [0.5, 0.6) is 0 Å². The summed E-state index contributed by atoms with van der Waals surface area (Å²) in [5, 5.41) is 13.6. The van der Waals surface area contributed by atoms with Crippen molar-refractivity contribution in [2.75, 3.05) is 18.1 Å². The van der Waals surface area contributed by atoms with Gasteiger partial charge >= 0.3 is 11.9 Å². The Bertz CT molecular complexity index is 1180. The third kappa shape index (κ3) is 5.40. The standard InChI is InChI=1S/C25H27N3O5.ClH/c1-2-33-25(32)21(13-17-14-26-19-9-5-4-8-18(17)19)27-20-12-11-16-7-3-6-10-22(16)28(24(20)31)15-23(29)30;/h3-10,14,20-21,26-27H,2,11-13,15H2,1H3,(H,29,30);1H/t20-,21-;/m0./s1. The van der Waals surface area contributed by atoms with E-state index < -0.39 is 30.6 Å². The highest BCUT2D eigenvalue weighted by Crippen LogP contribution is 2.27. The van der Waals surface area contributed by atoms with Gasteiger partial charge in [0.05, 0.1) is 12.6 Å². The number of halogens is 1. The number of aliphatic carboxylic acids is 1. The number of nitrogens with one attached hydrogen (secondary N) is 2. The van der Waals surface area contributed by atoms with Crippen LogP contribution in [0.4, 0.5) is 5.69 Å². The van der Waals surface area contributed by atoms with Gasteiger partial charge in [0.25, 0.3) is 0 Å². The maximum Gasteiger partial charge on any atom is 0.323 e. The summed E-state index contributed by atoms with van der Waals surface area (Å²) in [5.74, 6) is -1.91. The molecule has 9 heteroatoms. The number of aryl methyl sites for hydroxylation is 1. The minimum atomic E-state index is -1.10. The van der Waals surface area contributed by atoms with E-state index in [2.05, 4.69) is 10.3 Å². The van der Waals surface area contributed by atoms with Crippen LogP contribution >= 0.6 is 12.4 Å². The molecule has 0 bridgehead atoms. The highest BCUT2D eigenvalue weighted by molar-refractivity contribution is 6.02. The van der Waals surface area contributed by atoms with E-state index in [0.717, 1.165) is 22.0 Å². The Labute approximate surface area is 203 Å². The van der Waals surface area contributed by atoms with Crippen LogP contribution in [0.2, 0.25) is 0 Å². The van der Waals surface area contributed by atoms with Gasteiger partial charge in [-0.05, 0) is 43.0 Å². The number of ether oxygens (including phenoxy) is 1. The van der Waals surface area contributed by atoms with E-state index in [1.807, 2.05) is 42.6 Å². The first-order valence-electron chi connectivity index (χ1n) is 11.1. The van der Waals surface area contributed by atoms with Crippen LogP contribution in [0, 0.1) is 0 Å². The molecule has 2 atom stereocenters. The van der Waals surface area contributed by atoms with Crippen LogP contribution in [0.25, 0.3) is 10.9 Å². The van der Waals surface area contributed by atoms with Gasteiger partial charge in [0.15, 0.2) is 0 Å². The summed E-state index contributed by atoms with van der Waals surface area (Å²) >= 11 is 0. The second-order valence-electron chi connectivity index (χ2n) is 8.07. The Kier molecular flexibility index (Phi) is 8.31. The van der Waals surface area contributed by atoms with Gasteiger partial charge in [-0.25, -0.2) is 0 Å². The molecule has 0 spiro atoms. The Balaban J connectivity index is 0.00000324. The highest BCUT2D eigenvalue weighted by atomic mass is 35.5. The minimum Gasteiger partial charge on any atom is -0.480 e. The molecule has 2 aromatic carbocycles. The van der Waals surface area contributed by atoms with E-state index in [0.29, 0.717) is 24.9 Å². The van der Waals surface area contributed by atoms with E-state index in [4.69, 9.17) is 4.74 Å². The summed E-state index contributed by atoms with van der Waals surface area (Å²) in [6.07, 6.45) is 3.21. The van der Waals surface area contributed by atoms with Crippen LogP contribution in [0.15, 0.2) is 54.7 Å². The molecule has 3 N–H and O–H groups in total. The highest BCUT2D eigenvalue weighted by Gasteiger charge is 2.34. The molecule has 4 rings (SSSR count). The number of hydrogen-bond donors (Lipinski definition) is 3. The molecule has 1 amide bonds. The Hall–Kier alpha value is -3.36. The van der Waals surface area contributed by atoms with Crippen molar-refractivity contribution >= 4 is 46.8 Å². The minimum absolute atomic E-state index is 0. The molecule has 1 aromatic heterocycles. The van der Waals surface area contributed by atoms with Crippen molar-refractivity contribution in [2.24, 2.45) is 0 Å². The number of fused-ring (bicyclic) bond motifs is 2. The van der Waals surface area contributed by atoms with Gasteiger partial charge in [-0.2, -0.15) is 0 Å². The lowest BCUT2D eigenvalue weighted by Crippen LogP contribution is -2.53. The molecular formula is C25H28ClN3O5. The zero-order valence-electron chi connectivity index (χ0n) is 18.8. The lowest BCUT2D eigenvalue weighted by atomic mass is 10.0. The first kappa shape index (κ1) is 25.3. The topological polar surface area (TPSA) is 112 Å². The fourth-order valence-electron chi connectivity index (χ4n) is 4.39. The van der Waals surface area contributed by atoms with Crippen molar-refractivity contribution in [1.82, 2.24) is 10.3 Å². The van der Waals surface area contributed by atoms with Gasteiger partial charge in [-0.15, -0.1) is 12.4 Å². The molecule has 1 aliphatic rings. The van der Waals surface area contributed by atoms with Crippen molar-refractivity contribution in [3.8, 4) is 0 Å². The molecule has 2 heterocycles. The largest absolute Gasteiger partial charge is 0.480 e. The Morgan fingerprint density at radius 1 is 1.21 bits per heavy atom. The molecule has 0 radical (unpaired) electrons.